The first-order chi connectivity index (χ1) is 10.3. The number of nitrogens with zero attached hydrogens (tertiary/aromatic N) is 2. The predicted octanol–water partition coefficient (Wildman–Crippen LogP) is 0.656. The van der Waals surface area contributed by atoms with Crippen molar-refractivity contribution in [1.82, 2.24) is 9.21 Å². The fourth-order valence-electron chi connectivity index (χ4n) is 2.70. The largest absolute Gasteiger partial charge is 0.277 e. The van der Waals surface area contributed by atoms with Crippen molar-refractivity contribution in [2.75, 3.05) is 13.1 Å². The van der Waals surface area contributed by atoms with Crippen LogP contribution in [0.25, 0.3) is 0 Å². The van der Waals surface area contributed by atoms with Crippen molar-refractivity contribution in [2.24, 2.45) is 0 Å². The van der Waals surface area contributed by atoms with Crippen molar-refractivity contribution >= 4 is 21.8 Å². The van der Waals surface area contributed by atoms with Crippen LogP contribution in [-0.4, -0.2) is 48.6 Å². The fraction of sp³-hybridized carbons (Fsp3) is 0.429. The summed E-state index contributed by atoms with van der Waals surface area (Å²) in [6, 6.07) is 3.23. The van der Waals surface area contributed by atoms with Crippen molar-refractivity contribution in [3.63, 3.8) is 0 Å². The molecule has 1 aromatic carbocycles. The van der Waals surface area contributed by atoms with Gasteiger partial charge in [-0.2, -0.15) is 4.31 Å². The smallest absolute Gasteiger partial charge is 0.243 e. The van der Waals surface area contributed by atoms with Gasteiger partial charge >= 0.3 is 0 Å². The molecule has 22 heavy (non-hydrogen) atoms. The molecule has 0 saturated carbocycles. The van der Waals surface area contributed by atoms with Crippen molar-refractivity contribution in [3.05, 3.63) is 29.6 Å². The van der Waals surface area contributed by atoms with Crippen LogP contribution in [-0.2, 0) is 19.6 Å². The van der Waals surface area contributed by atoms with E-state index < -0.39 is 15.8 Å². The average molecular weight is 326 g/mol. The molecule has 1 aromatic rings. The van der Waals surface area contributed by atoms with Gasteiger partial charge in [0.25, 0.3) is 0 Å². The molecule has 6 nitrogen and oxygen atoms in total. The number of amides is 2. The summed E-state index contributed by atoms with van der Waals surface area (Å²) in [5, 5.41) is 0. The highest BCUT2D eigenvalue weighted by Crippen LogP contribution is 2.28. The van der Waals surface area contributed by atoms with Crippen molar-refractivity contribution in [2.45, 2.75) is 30.7 Å². The Morgan fingerprint density at radius 1 is 1.14 bits per heavy atom. The molecule has 0 aliphatic carbocycles. The van der Waals surface area contributed by atoms with Crippen LogP contribution >= 0.6 is 0 Å². The van der Waals surface area contributed by atoms with Crippen LogP contribution in [0.2, 0.25) is 0 Å². The molecular weight excluding hydrogens is 311 g/mol. The van der Waals surface area contributed by atoms with Gasteiger partial charge in [0.15, 0.2) is 0 Å². The van der Waals surface area contributed by atoms with Gasteiger partial charge in [0, 0.05) is 25.9 Å². The third-order valence-electron chi connectivity index (χ3n) is 4.05. The molecule has 0 spiro atoms. The molecule has 2 saturated heterocycles. The maximum Gasteiger partial charge on any atom is 0.243 e. The van der Waals surface area contributed by atoms with Gasteiger partial charge in [-0.05, 0) is 30.7 Å². The maximum absolute atomic E-state index is 13.2. The number of halogens is 1. The van der Waals surface area contributed by atoms with Gasteiger partial charge < -0.3 is 0 Å². The maximum atomic E-state index is 13.2. The molecule has 0 unspecified atom stereocenters. The first kappa shape index (κ1) is 15.1. The Morgan fingerprint density at radius 2 is 1.73 bits per heavy atom. The highest BCUT2D eigenvalue weighted by Gasteiger charge is 2.45. The normalized spacial score (nSPS) is 20.5. The molecule has 0 N–H and O–H groups in total. The zero-order valence-corrected chi connectivity index (χ0v) is 12.8. The van der Waals surface area contributed by atoms with Crippen LogP contribution in [0, 0.1) is 12.7 Å². The summed E-state index contributed by atoms with van der Waals surface area (Å²) >= 11 is 0. The van der Waals surface area contributed by atoms with E-state index in [1.807, 2.05) is 0 Å². The first-order valence-corrected chi connectivity index (χ1v) is 8.36. The third kappa shape index (κ3) is 2.32. The van der Waals surface area contributed by atoms with Crippen molar-refractivity contribution < 1.29 is 22.4 Å². The van der Waals surface area contributed by atoms with E-state index in [0.29, 0.717) is 0 Å². The standard InChI is InChI=1S/C14H15FN2O4S/c1-9-6-11(2-3-12(9)15)22(20,21)16-7-10(8-16)17-13(18)4-5-14(17)19/h2-3,6,10H,4-5,7-8H2,1H3. The topological polar surface area (TPSA) is 74.8 Å². The van der Waals surface area contributed by atoms with Gasteiger partial charge in [0.2, 0.25) is 21.8 Å². The van der Waals surface area contributed by atoms with E-state index in [4.69, 9.17) is 0 Å². The number of hydrogen-bond donors (Lipinski definition) is 0. The number of sulfonamides is 1. The SMILES string of the molecule is Cc1cc(S(=O)(=O)N2CC(N3C(=O)CCC3=O)C2)ccc1F. The number of rotatable bonds is 3. The van der Waals surface area contributed by atoms with Gasteiger partial charge in [0.05, 0.1) is 10.9 Å². The summed E-state index contributed by atoms with van der Waals surface area (Å²) in [6.07, 6.45) is 0.387. The first-order valence-electron chi connectivity index (χ1n) is 6.92. The molecule has 3 rings (SSSR count). The quantitative estimate of drug-likeness (QED) is 0.765. The van der Waals surface area contributed by atoms with E-state index in [9.17, 15) is 22.4 Å². The lowest BCUT2D eigenvalue weighted by Gasteiger charge is -2.41. The lowest BCUT2D eigenvalue weighted by Crippen LogP contribution is -2.62. The summed E-state index contributed by atoms with van der Waals surface area (Å²) < 4.78 is 39.3. The minimum atomic E-state index is -3.72. The summed E-state index contributed by atoms with van der Waals surface area (Å²) in [7, 11) is -3.72. The van der Waals surface area contributed by atoms with Crippen molar-refractivity contribution in [3.8, 4) is 0 Å². The minimum Gasteiger partial charge on any atom is -0.277 e. The van der Waals surface area contributed by atoms with E-state index in [-0.39, 0.29) is 54.2 Å². The number of benzene rings is 1. The summed E-state index contributed by atoms with van der Waals surface area (Å²) in [5.74, 6) is -0.956. The Kier molecular flexibility index (Phi) is 3.53. The molecule has 8 heteroatoms. The summed E-state index contributed by atoms with van der Waals surface area (Å²) in [6.45, 7) is 1.68. The number of aryl methyl sites for hydroxylation is 1. The molecule has 2 fully saturated rings. The van der Waals surface area contributed by atoms with Gasteiger partial charge in [-0.15, -0.1) is 0 Å². The third-order valence-corrected chi connectivity index (χ3v) is 5.88. The van der Waals surface area contributed by atoms with Gasteiger partial charge in [0.1, 0.15) is 5.82 Å². The highest BCUT2D eigenvalue weighted by molar-refractivity contribution is 7.89. The molecule has 0 radical (unpaired) electrons. The van der Waals surface area contributed by atoms with Crippen LogP contribution in [0.4, 0.5) is 4.39 Å². The predicted molar refractivity (Wildman–Crippen MR) is 74.8 cm³/mol. The molecule has 2 aliphatic rings. The lowest BCUT2D eigenvalue weighted by atomic mass is 10.1. The van der Waals surface area contributed by atoms with Crippen LogP contribution in [0.3, 0.4) is 0 Å². The van der Waals surface area contributed by atoms with E-state index in [0.717, 1.165) is 6.07 Å². The highest BCUT2D eigenvalue weighted by atomic mass is 32.2. The molecule has 118 valence electrons. The van der Waals surface area contributed by atoms with Gasteiger partial charge in [-0.1, -0.05) is 0 Å². The molecule has 0 aromatic heterocycles. The number of carbonyl (C=O) groups excluding carboxylic acids is 2. The monoisotopic (exact) mass is 326 g/mol. The lowest BCUT2D eigenvalue weighted by molar-refractivity contribution is -0.143. The molecule has 2 aliphatic heterocycles. The van der Waals surface area contributed by atoms with Gasteiger partial charge in [-0.25, -0.2) is 12.8 Å². The number of carbonyl (C=O) groups is 2. The molecule has 0 atom stereocenters. The Balaban J connectivity index is 1.75. The van der Waals surface area contributed by atoms with Gasteiger partial charge in [-0.3, -0.25) is 14.5 Å². The van der Waals surface area contributed by atoms with Crippen LogP contribution < -0.4 is 0 Å². The van der Waals surface area contributed by atoms with Crippen LogP contribution in [0.15, 0.2) is 23.1 Å². The van der Waals surface area contributed by atoms with E-state index in [1.54, 1.807) is 0 Å². The second-order valence-corrected chi connectivity index (χ2v) is 7.48. The summed E-state index contributed by atoms with van der Waals surface area (Å²) in [5.41, 5.74) is 0.253. The zero-order valence-electron chi connectivity index (χ0n) is 12.0. The van der Waals surface area contributed by atoms with E-state index in [1.165, 1.54) is 28.3 Å². The van der Waals surface area contributed by atoms with E-state index >= 15 is 0 Å². The number of likely N-dealkylation sites (tertiary alicyclic amines) is 1. The Hall–Kier alpha value is -1.80. The Labute approximate surface area is 127 Å². The second-order valence-electron chi connectivity index (χ2n) is 5.54. The Bertz CT molecular complexity index is 740. The number of hydrogen-bond acceptors (Lipinski definition) is 4. The second kappa shape index (κ2) is 5.13. The van der Waals surface area contributed by atoms with Crippen molar-refractivity contribution in [1.29, 1.82) is 0 Å². The summed E-state index contributed by atoms with van der Waals surface area (Å²) in [4.78, 5) is 24.4. The van der Waals surface area contributed by atoms with E-state index in [2.05, 4.69) is 0 Å². The molecular formula is C14H15FN2O4S. The molecule has 0 bridgehead atoms. The Morgan fingerprint density at radius 3 is 2.27 bits per heavy atom. The van der Waals surface area contributed by atoms with Crippen LogP contribution in [0.1, 0.15) is 18.4 Å². The minimum absolute atomic E-state index is 0.0175. The average Bonchev–Trinajstić information content (AvgIpc) is 2.72. The molecule has 2 amide bonds. The number of imide groups is 1. The molecule has 2 heterocycles. The zero-order chi connectivity index (χ0) is 16.1. The van der Waals surface area contributed by atoms with Crippen LogP contribution in [0.5, 0.6) is 0 Å². The fourth-order valence-corrected chi connectivity index (χ4v) is 4.30.